The van der Waals surface area contributed by atoms with Crippen LogP contribution in [0, 0.1) is 0 Å². The molecule has 0 aliphatic rings. The minimum absolute atomic E-state index is 0.0151. The highest BCUT2D eigenvalue weighted by atomic mass is 16.5. The van der Waals surface area contributed by atoms with Gasteiger partial charge in [0.15, 0.2) is 5.96 Å². The highest BCUT2D eigenvalue weighted by molar-refractivity contribution is 5.92. The van der Waals surface area contributed by atoms with Crippen molar-refractivity contribution in [2.45, 2.75) is 5.92 Å². The fourth-order valence-electron chi connectivity index (χ4n) is 2.65. The van der Waals surface area contributed by atoms with Gasteiger partial charge in [0.05, 0.1) is 13.2 Å². The van der Waals surface area contributed by atoms with E-state index in [1.165, 1.54) is 0 Å². The van der Waals surface area contributed by atoms with Crippen LogP contribution in [0.3, 0.4) is 0 Å². The van der Waals surface area contributed by atoms with Crippen molar-refractivity contribution in [1.82, 2.24) is 0 Å². The molecule has 0 fully saturated rings. The van der Waals surface area contributed by atoms with E-state index >= 15 is 0 Å². The molecule has 1 atom stereocenters. The first-order valence-corrected chi connectivity index (χ1v) is 8.80. The number of para-hydroxylation sites is 1. The first kappa shape index (κ1) is 18.5. The van der Waals surface area contributed by atoms with Crippen LogP contribution in [0.4, 0.5) is 5.69 Å². The van der Waals surface area contributed by atoms with Crippen LogP contribution in [0.5, 0.6) is 11.5 Å². The lowest BCUT2D eigenvalue weighted by Gasteiger charge is -2.13. The Morgan fingerprint density at radius 1 is 0.926 bits per heavy atom. The molecule has 27 heavy (non-hydrogen) atoms. The maximum absolute atomic E-state index is 9.61. The van der Waals surface area contributed by atoms with Gasteiger partial charge in [0.2, 0.25) is 0 Å². The molecule has 0 saturated carbocycles. The number of aliphatic imine (C=N–C) groups is 1. The second-order valence-electron chi connectivity index (χ2n) is 6.08. The zero-order chi connectivity index (χ0) is 18.9. The molecular weight excluding hydrogens is 338 g/mol. The molecule has 0 aliphatic heterocycles. The van der Waals surface area contributed by atoms with Gasteiger partial charge < -0.3 is 20.9 Å². The molecule has 0 spiro atoms. The largest absolute Gasteiger partial charge is 0.457 e. The molecule has 1 unspecified atom stereocenters. The third kappa shape index (κ3) is 5.59. The van der Waals surface area contributed by atoms with Gasteiger partial charge in [-0.1, -0.05) is 54.6 Å². The van der Waals surface area contributed by atoms with E-state index in [9.17, 15) is 5.11 Å². The van der Waals surface area contributed by atoms with E-state index in [-0.39, 0.29) is 12.5 Å². The normalized spacial score (nSPS) is 12.4. The lowest BCUT2D eigenvalue weighted by molar-refractivity contribution is 0.268. The molecule has 5 heteroatoms. The summed E-state index contributed by atoms with van der Waals surface area (Å²) >= 11 is 0. The lowest BCUT2D eigenvalue weighted by Crippen LogP contribution is -2.24. The molecule has 138 valence electrons. The van der Waals surface area contributed by atoms with Crippen molar-refractivity contribution in [1.29, 1.82) is 0 Å². The van der Waals surface area contributed by atoms with Crippen molar-refractivity contribution in [3.8, 4) is 11.5 Å². The lowest BCUT2D eigenvalue weighted by atomic mass is 10.0. The molecule has 3 aromatic carbocycles. The summed E-state index contributed by atoms with van der Waals surface area (Å²) in [6, 6.07) is 26.9. The number of guanidine groups is 1. The fourth-order valence-corrected chi connectivity index (χ4v) is 2.65. The molecule has 0 bridgehead atoms. The Kier molecular flexibility index (Phi) is 6.44. The number of anilines is 1. The molecule has 4 N–H and O–H groups in total. The van der Waals surface area contributed by atoms with Crippen LogP contribution in [0.15, 0.2) is 89.9 Å². The first-order chi connectivity index (χ1) is 13.2. The summed E-state index contributed by atoms with van der Waals surface area (Å²) in [5.74, 6) is 1.68. The molecule has 0 aliphatic carbocycles. The molecule has 0 radical (unpaired) electrons. The summed E-state index contributed by atoms with van der Waals surface area (Å²) in [5.41, 5.74) is 7.83. The number of benzene rings is 3. The van der Waals surface area contributed by atoms with Gasteiger partial charge in [0.1, 0.15) is 11.5 Å². The van der Waals surface area contributed by atoms with Crippen LogP contribution in [-0.2, 0) is 0 Å². The molecule has 3 aromatic rings. The van der Waals surface area contributed by atoms with Crippen LogP contribution < -0.4 is 15.8 Å². The van der Waals surface area contributed by atoms with E-state index < -0.39 is 0 Å². The average molecular weight is 361 g/mol. The monoisotopic (exact) mass is 361 g/mol. The Bertz CT molecular complexity index is 867. The van der Waals surface area contributed by atoms with Crippen molar-refractivity contribution < 1.29 is 9.84 Å². The maximum Gasteiger partial charge on any atom is 0.193 e. The van der Waals surface area contributed by atoms with Crippen molar-refractivity contribution in [2.75, 3.05) is 18.5 Å². The standard InChI is InChI=1S/C22H23N3O2/c23-22(24-15-18(16-26)17-8-3-1-4-9-17)25-19-10-7-13-21(14-19)27-20-11-5-2-6-12-20/h1-14,18,26H,15-16H2,(H3,23,24,25). The third-order valence-corrected chi connectivity index (χ3v) is 4.06. The van der Waals surface area contributed by atoms with Gasteiger partial charge in [-0.05, 0) is 29.8 Å². The van der Waals surface area contributed by atoms with Gasteiger partial charge in [0, 0.05) is 17.7 Å². The Balaban J connectivity index is 1.62. The van der Waals surface area contributed by atoms with Gasteiger partial charge in [-0.15, -0.1) is 0 Å². The van der Waals surface area contributed by atoms with Crippen molar-refractivity contribution in [2.24, 2.45) is 10.7 Å². The summed E-state index contributed by atoms with van der Waals surface area (Å²) in [5, 5.41) is 12.7. The van der Waals surface area contributed by atoms with Gasteiger partial charge in [-0.2, -0.15) is 0 Å². The molecular formula is C22H23N3O2. The second kappa shape index (κ2) is 9.40. The first-order valence-electron chi connectivity index (χ1n) is 8.80. The van der Waals surface area contributed by atoms with E-state index in [0.29, 0.717) is 18.3 Å². The minimum Gasteiger partial charge on any atom is -0.457 e. The highest BCUT2D eigenvalue weighted by Gasteiger charge is 2.09. The molecule has 0 saturated heterocycles. The van der Waals surface area contributed by atoms with E-state index in [2.05, 4.69) is 10.3 Å². The SMILES string of the molecule is NC(=NCC(CO)c1ccccc1)Nc1cccc(Oc2ccccc2)c1. The van der Waals surface area contributed by atoms with Gasteiger partial charge in [-0.25, -0.2) is 0 Å². The number of nitrogens with zero attached hydrogens (tertiary/aromatic N) is 1. The second-order valence-corrected chi connectivity index (χ2v) is 6.08. The summed E-state index contributed by atoms with van der Waals surface area (Å²) in [4.78, 5) is 4.36. The third-order valence-electron chi connectivity index (χ3n) is 4.06. The van der Waals surface area contributed by atoms with Crippen molar-refractivity contribution >= 4 is 11.6 Å². The zero-order valence-corrected chi connectivity index (χ0v) is 15.0. The fraction of sp³-hybridized carbons (Fsp3) is 0.136. The van der Waals surface area contributed by atoms with Crippen LogP contribution in [0.2, 0.25) is 0 Å². The summed E-state index contributed by atoms with van der Waals surface area (Å²) in [7, 11) is 0. The van der Waals surface area contributed by atoms with Crippen LogP contribution in [0.25, 0.3) is 0 Å². The smallest absolute Gasteiger partial charge is 0.193 e. The topological polar surface area (TPSA) is 79.9 Å². The molecule has 0 amide bonds. The number of nitrogens with one attached hydrogen (secondary N) is 1. The predicted octanol–water partition coefficient (Wildman–Crippen LogP) is 3.98. The molecule has 5 nitrogen and oxygen atoms in total. The van der Waals surface area contributed by atoms with E-state index in [1.54, 1.807) is 0 Å². The Morgan fingerprint density at radius 3 is 2.30 bits per heavy atom. The summed E-state index contributed by atoms with van der Waals surface area (Å²) in [6.07, 6.45) is 0. The highest BCUT2D eigenvalue weighted by Crippen LogP contribution is 2.23. The van der Waals surface area contributed by atoms with Crippen LogP contribution in [0.1, 0.15) is 11.5 Å². The van der Waals surface area contributed by atoms with Crippen molar-refractivity contribution in [3.05, 3.63) is 90.5 Å². The van der Waals surface area contributed by atoms with Gasteiger partial charge in [-0.3, -0.25) is 4.99 Å². The Morgan fingerprint density at radius 2 is 1.59 bits per heavy atom. The maximum atomic E-state index is 9.61. The number of ether oxygens (including phenoxy) is 1. The number of hydrogen-bond acceptors (Lipinski definition) is 3. The molecule has 0 heterocycles. The number of nitrogens with two attached hydrogens (primary N) is 1. The molecule has 3 rings (SSSR count). The number of rotatable bonds is 7. The number of hydrogen-bond donors (Lipinski definition) is 3. The Labute approximate surface area is 159 Å². The predicted molar refractivity (Wildman–Crippen MR) is 109 cm³/mol. The van der Waals surface area contributed by atoms with E-state index in [4.69, 9.17) is 10.5 Å². The zero-order valence-electron chi connectivity index (χ0n) is 15.0. The number of aliphatic hydroxyl groups is 1. The average Bonchev–Trinajstić information content (AvgIpc) is 2.70. The van der Waals surface area contributed by atoms with Crippen LogP contribution in [-0.4, -0.2) is 24.2 Å². The van der Waals surface area contributed by atoms with Gasteiger partial charge in [0.25, 0.3) is 0 Å². The van der Waals surface area contributed by atoms with Crippen LogP contribution >= 0.6 is 0 Å². The quantitative estimate of drug-likeness (QED) is 0.439. The summed E-state index contributed by atoms with van der Waals surface area (Å²) in [6.45, 7) is 0.417. The Hall–Kier alpha value is -3.31. The van der Waals surface area contributed by atoms with E-state index in [1.807, 2.05) is 84.9 Å². The number of aliphatic hydroxyl groups excluding tert-OH is 1. The molecule has 0 aromatic heterocycles. The minimum atomic E-state index is -0.0840. The van der Waals surface area contributed by atoms with Gasteiger partial charge >= 0.3 is 0 Å². The summed E-state index contributed by atoms with van der Waals surface area (Å²) < 4.78 is 5.82. The van der Waals surface area contributed by atoms with E-state index in [0.717, 1.165) is 17.0 Å². The van der Waals surface area contributed by atoms with Crippen molar-refractivity contribution in [3.63, 3.8) is 0 Å².